The Morgan fingerprint density at radius 3 is 2.83 bits per heavy atom. The molecule has 0 aliphatic carbocycles. The molecule has 0 spiro atoms. The third-order valence-electron chi connectivity index (χ3n) is 4.84. The Kier molecular flexibility index (Phi) is 4.73. The van der Waals surface area contributed by atoms with Crippen LogP contribution in [-0.4, -0.2) is 55.9 Å². The van der Waals surface area contributed by atoms with Crippen LogP contribution in [0.5, 0.6) is 0 Å². The van der Waals surface area contributed by atoms with Gasteiger partial charge in [-0.15, -0.1) is 0 Å². The summed E-state index contributed by atoms with van der Waals surface area (Å²) in [4.78, 5) is 29.9. The highest BCUT2D eigenvalue weighted by Crippen LogP contribution is 2.22. The first-order valence-corrected chi connectivity index (χ1v) is 8.67. The smallest absolute Gasteiger partial charge is 0.317 e. The number of carbonyl (C=O) groups is 2. The summed E-state index contributed by atoms with van der Waals surface area (Å²) in [5, 5.41) is 16.7. The number of hydrogen-bond acceptors (Lipinski definition) is 4. The fourth-order valence-corrected chi connectivity index (χ4v) is 3.59. The van der Waals surface area contributed by atoms with Gasteiger partial charge in [0.2, 0.25) is 0 Å². The summed E-state index contributed by atoms with van der Waals surface area (Å²) in [7, 11) is 0. The van der Waals surface area contributed by atoms with E-state index < -0.39 is 11.9 Å². The number of rotatable bonds is 3. The number of likely N-dealkylation sites (tertiary alicyclic amines) is 1. The van der Waals surface area contributed by atoms with Gasteiger partial charge in [0, 0.05) is 25.9 Å². The van der Waals surface area contributed by atoms with Crippen LogP contribution in [0.25, 0.3) is 0 Å². The summed E-state index contributed by atoms with van der Waals surface area (Å²) in [5.74, 6) is 0.725. The number of aryl methyl sites for hydroxylation is 2. The van der Waals surface area contributed by atoms with Gasteiger partial charge in [-0.3, -0.25) is 4.79 Å². The van der Waals surface area contributed by atoms with Gasteiger partial charge in [-0.25, -0.2) is 14.5 Å². The minimum absolute atomic E-state index is 0.0110. The van der Waals surface area contributed by atoms with E-state index in [0.29, 0.717) is 19.5 Å². The first-order valence-electron chi connectivity index (χ1n) is 8.67. The second-order valence-corrected chi connectivity index (χ2v) is 6.95. The number of urea groups is 1. The Labute approximate surface area is 141 Å². The number of amides is 2. The summed E-state index contributed by atoms with van der Waals surface area (Å²) in [6.07, 6.45) is 3.06. The number of carboxylic acid groups (broad SMARTS) is 1. The molecule has 132 valence electrons. The predicted molar refractivity (Wildman–Crippen MR) is 86.5 cm³/mol. The summed E-state index contributed by atoms with van der Waals surface area (Å²) in [5.41, 5.74) is 0. The van der Waals surface area contributed by atoms with Crippen molar-refractivity contribution in [2.45, 2.75) is 52.1 Å². The summed E-state index contributed by atoms with van der Waals surface area (Å²) in [6, 6.07) is -0.158. The number of fused-ring (bicyclic) bond motifs is 1. The van der Waals surface area contributed by atoms with Gasteiger partial charge in [0.1, 0.15) is 5.82 Å². The summed E-state index contributed by atoms with van der Waals surface area (Å²) >= 11 is 0. The van der Waals surface area contributed by atoms with E-state index in [1.807, 2.05) is 18.5 Å². The van der Waals surface area contributed by atoms with E-state index in [1.54, 1.807) is 4.90 Å². The SMILES string of the molecule is CCc1nc2n(n1)CC(NC(=O)N1CC(C)CC(C(=O)O)C1)CC2. The maximum absolute atomic E-state index is 12.5. The van der Waals surface area contributed by atoms with Crippen molar-refractivity contribution in [3.8, 4) is 0 Å². The molecule has 1 fully saturated rings. The quantitative estimate of drug-likeness (QED) is 0.855. The molecule has 0 saturated carbocycles. The van der Waals surface area contributed by atoms with Crippen molar-refractivity contribution in [3.63, 3.8) is 0 Å². The molecule has 1 saturated heterocycles. The number of aliphatic carboxylic acids is 1. The molecule has 2 aliphatic rings. The lowest BCUT2D eigenvalue weighted by Crippen LogP contribution is -2.53. The Hall–Kier alpha value is -2.12. The third kappa shape index (κ3) is 3.52. The van der Waals surface area contributed by atoms with Crippen LogP contribution in [-0.2, 0) is 24.2 Å². The molecule has 3 atom stereocenters. The van der Waals surface area contributed by atoms with Gasteiger partial charge in [0.15, 0.2) is 5.82 Å². The van der Waals surface area contributed by atoms with E-state index in [2.05, 4.69) is 15.4 Å². The zero-order valence-corrected chi connectivity index (χ0v) is 14.2. The number of hydrogen-bond donors (Lipinski definition) is 2. The van der Waals surface area contributed by atoms with Crippen molar-refractivity contribution in [2.24, 2.45) is 11.8 Å². The molecule has 1 aromatic heterocycles. The minimum Gasteiger partial charge on any atom is -0.481 e. The molecule has 2 N–H and O–H groups in total. The summed E-state index contributed by atoms with van der Waals surface area (Å²) in [6.45, 7) is 5.53. The Morgan fingerprint density at radius 1 is 1.33 bits per heavy atom. The van der Waals surface area contributed by atoms with Crippen molar-refractivity contribution in [2.75, 3.05) is 13.1 Å². The first kappa shape index (κ1) is 16.7. The first-order chi connectivity index (χ1) is 11.5. The lowest BCUT2D eigenvalue weighted by molar-refractivity contribution is -0.143. The molecule has 0 aromatic carbocycles. The highest BCUT2D eigenvalue weighted by atomic mass is 16.4. The fraction of sp³-hybridized carbons (Fsp3) is 0.750. The van der Waals surface area contributed by atoms with Crippen LogP contribution in [0.2, 0.25) is 0 Å². The van der Waals surface area contributed by atoms with E-state index in [0.717, 1.165) is 30.9 Å². The molecule has 3 rings (SSSR count). The van der Waals surface area contributed by atoms with Crippen LogP contribution in [0.15, 0.2) is 0 Å². The molecule has 3 unspecified atom stereocenters. The lowest BCUT2D eigenvalue weighted by atomic mass is 9.91. The molecule has 0 radical (unpaired) electrons. The molecule has 8 nitrogen and oxygen atoms in total. The highest BCUT2D eigenvalue weighted by molar-refractivity contribution is 5.76. The molecule has 8 heteroatoms. The fourth-order valence-electron chi connectivity index (χ4n) is 3.59. The number of carboxylic acids is 1. The van der Waals surface area contributed by atoms with E-state index >= 15 is 0 Å². The predicted octanol–water partition coefficient (Wildman–Crippen LogP) is 0.908. The number of aromatic nitrogens is 3. The van der Waals surface area contributed by atoms with Crippen LogP contribution in [0, 0.1) is 11.8 Å². The van der Waals surface area contributed by atoms with Gasteiger partial charge in [-0.2, -0.15) is 5.10 Å². The van der Waals surface area contributed by atoms with Crippen molar-refractivity contribution in [3.05, 3.63) is 11.6 Å². The van der Waals surface area contributed by atoms with E-state index in [9.17, 15) is 14.7 Å². The normalized spacial score (nSPS) is 26.8. The van der Waals surface area contributed by atoms with Crippen LogP contribution in [0.1, 0.15) is 38.3 Å². The van der Waals surface area contributed by atoms with Crippen molar-refractivity contribution < 1.29 is 14.7 Å². The van der Waals surface area contributed by atoms with Gasteiger partial charge >= 0.3 is 12.0 Å². The molecule has 2 aliphatic heterocycles. The molecule has 3 heterocycles. The Morgan fingerprint density at radius 2 is 2.12 bits per heavy atom. The zero-order valence-electron chi connectivity index (χ0n) is 14.2. The Balaban J connectivity index is 1.59. The van der Waals surface area contributed by atoms with Crippen LogP contribution in [0.4, 0.5) is 4.79 Å². The molecule has 24 heavy (non-hydrogen) atoms. The van der Waals surface area contributed by atoms with Crippen LogP contribution >= 0.6 is 0 Å². The van der Waals surface area contributed by atoms with Crippen molar-refractivity contribution in [1.82, 2.24) is 25.0 Å². The molecular weight excluding hydrogens is 310 g/mol. The van der Waals surface area contributed by atoms with Gasteiger partial charge < -0.3 is 15.3 Å². The second kappa shape index (κ2) is 6.78. The van der Waals surface area contributed by atoms with Crippen LogP contribution in [0.3, 0.4) is 0 Å². The van der Waals surface area contributed by atoms with E-state index in [4.69, 9.17) is 0 Å². The average molecular weight is 335 g/mol. The number of piperidine rings is 1. The Bertz CT molecular complexity index is 629. The van der Waals surface area contributed by atoms with Crippen molar-refractivity contribution >= 4 is 12.0 Å². The van der Waals surface area contributed by atoms with Gasteiger partial charge in [-0.05, 0) is 18.8 Å². The number of nitrogens with one attached hydrogen (secondary N) is 1. The third-order valence-corrected chi connectivity index (χ3v) is 4.84. The molecule has 2 amide bonds. The lowest BCUT2D eigenvalue weighted by Gasteiger charge is -2.36. The maximum Gasteiger partial charge on any atom is 0.317 e. The van der Waals surface area contributed by atoms with E-state index in [1.165, 1.54) is 0 Å². The molecule has 1 aromatic rings. The number of carbonyl (C=O) groups excluding carboxylic acids is 1. The minimum atomic E-state index is -0.823. The zero-order chi connectivity index (χ0) is 17.3. The average Bonchev–Trinajstić information content (AvgIpc) is 2.96. The largest absolute Gasteiger partial charge is 0.481 e. The van der Waals surface area contributed by atoms with Gasteiger partial charge in [-0.1, -0.05) is 13.8 Å². The van der Waals surface area contributed by atoms with Gasteiger partial charge in [0.25, 0.3) is 0 Å². The van der Waals surface area contributed by atoms with Crippen molar-refractivity contribution in [1.29, 1.82) is 0 Å². The van der Waals surface area contributed by atoms with Crippen LogP contribution < -0.4 is 5.32 Å². The van der Waals surface area contributed by atoms with E-state index in [-0.39, 0.29) is 24.5 Å². The molecular formula is C16H25N5O3. The second-order valence-electron chi connectivity index (χ2n) is 6.95. The topological polar surface area (TPSA) is 100 Å². The number of nitrogens with zero attached hydrogens (tertiary/aromatic N) is 4. The monoisotopic (exact) mass is 335 g/mol. The standard InChI is InChI=1S/C16H25N5O3/c1-3-13-18-14-5-4-12(9-21(14)19-13)17-16(24)20-7-10(2)6-11(8-20)15(22)23/h10-12H,3-9H2,1-2H3,(H,17,24)(H,22,23). The molecule has 0 bridgehead atoms. The van der Waals surface area contributed by atoms with Gasteiger partial charge in [0.05, 0.1) is 18.5 Å². The maximum atomic E-state index is 12.5. The highest BCUT2D eigenvalue weighted by Gasteiger charge is 2.33. The summed E-state index contributed by atoms with van der Waals surface area (Å²) < 4.78 is 1.88.